The number of methoxy groups -OCH3 is 1. The van der Waals surface area contributed by atoms with Gasteiger partial charge in [0.2, 0.25) is 0 Å². The Morgan fingerprint density at radius 3 is 2.90 bits per heavy atom. The van der Waals surface area contributed by atoms with Crippen LogP contribution in [-0.4, -0.2) is 40.5 Å². The van der Waals surface area contributed by atoms with Gasteiger partial charge in [-0.15, -0.1) is 0 Å². The quantitative estimate of drug-likeness (QED) is 0.940. The van der Waals surface area contributed by atoms with Crippen LogP contribution in [0.2, 0.25) is 0 Å². The van der Waals surface area contributed by atoms with Crippen molar-refractivity contribution in [3.63, 3.8) is 0 Å². The fourth-order valence-corrected chi connectivity index (χ4v) is 2.74. The standard InChI is InChI=1S/C15H19N3O3/c1-9-10(2)17-14(16-9)13-6-12(20-3)7-18(13)15(19)11-4-5-21-8-11/h4-5,8,12-13H,6-7H2,1-3H3,(H,16,17)/t12-,13+/m1/s1. The van der Waals surface area contributed by atoms with E-state index in [9.17, 15) is 4.79 Å². The SMILES string of the molecule is CO[C@@H]1C[C@@H](c2nc(C)c(C)[nH]2)N(C(=O)c2ccoc2)C1. The lowest BCUT2D eigenvalue weighted by molar-refractivity contribution is 0.0684. The van der Waals surface area contributed by atoms with E-state index in [2.05, 4.69) is 9.97 Å². The van der Waals surface area contributed by atoms with E-state index in [0.29, 0.717) is 12.1 Å². The van der Waals surface area contributed by atoms with Crippen molar-refractivity contribution in [2.24, 2.45) is 0 Å². The Kier molecular flexibility index (Phi) is 3.55. The van der Waals surface area contributed by atoms with Crippen LogP contribution in [0.5, 0.6) is 0 Å². The summed E-state index contributed by atoms with van der Waals surface area (Å²) in [6.45, 7) is 4.50. The number of H-pyrrole nitrogens is 1. The molecule has 1 saturated heterocycles. The predicted octanol–water partition coefficient (Wildman–Crippen LogP) is 2.22. The van der Waals surface area contributed by atoms with Crippen LogP contribution >= 0.6 is 0 Å². The number of hydrogen-bond acceptors (Lipinski definition) is 4. The second-order valence-electron chi connectivity index (χ2n) is 5.41. The minimum absolute atomic E-state index is 0.0246. The van der Waals surface area contributed by atoms with E-state index in [1.807, 2.05) is 13.8 Å². The number of amides is 1. The second kappa shape index (κ2) is 5.37. The highest BCUT2D eigenvalue weighted by atomic mass is 16.5. The largest absolute Gasteiger partial charge is 0.472 e. The zero-order valence-electron chi connectivity index (χ0n) is 12.4. The highest BCUT2D eigenvalue weighted by Gasteiger charge is 2.38. The maximum Gasteiger partial charge on any atom is 0.257 e. The van der Waals surface area contributed by atoms with Crippen LogP contribution in [0.15, 0.2) is 23.0 Å². The molecule has 2 atom stereocenters. The molecule has 21 heavy (non-hydrogen) atoms. The number of aromatic nitrogens is 2. The molecule has 1 aliphatic rings. The normalized spacial score (nSPS) is 22.0. The van der Waals surface area contributed by atoms with E-state index in [1.165, 1.54) is 12.5 Å². The average molecular weight is 289 g/mol. The molecule has 1 amide bonds. The van der Waals surface area contributed by atoms with Gasteiger partial charge < -0.3 is 19.0 Å². The molecule has 0 unspecified atom stereocenters. The van der Waals surface area contributed by atoms with E-state index in [0.717, 1.165) is 23.6 Å². The number of carbonyl (C=O) groups is 1. The Labute approximate surface area is 123 Å². The fourth-order valence-electron chi connectivity index (χ4n) is 2.74. The highest BCUT2D eigenvalue weighted by molar-refractivity contribution is 5.94. The lowest BCUT2D eigenvalue weighted by atomic mass is 10.2. The van der Waals surface area contributed by atoms with Gasteiger partial charge in [0, 0.05) is 25.8 Å². The molecule has 0 radical (unpaired) electrons. The monoisotopic (exact) mass is 289 g/mol. The molecule has 0 aliphatic carbocycles. The van der Waals surface area contributed by atoms with Crippen molar-refractivity contribution >= 4 is 5.91 Å². The summed E-state index contributed by atoms with van der Waals surface area (Å²) in [5.41, 5.74) is 2.54. The summed E-state index contributed by atoms with van der Waals surface area (Å²) >= 11 is 0. The minimum Gasteiger partial charge on any atom is -0.472 e. The van der Waals surface area contributed by atoms with Crippen molar-refractivity contribution in [3.8, 4) is 0 Å². The molecule has 6 nitrogen and oxygen atoms in total. The molecule has 0 bridgehead atoms. The number of rotatable bonds is 3. The van der Waals surface area contributed by atoms with Gasteiger partial charge in [0.05, 0.1) is 29.7 Å². The van der Waals surface area contributed by atoms with Crippen molar-refractivity contribution in [1.82, 2.24) is 14.9 Å². The molecular formula is C15H19N3O3. The number of nitrogens with zero attached hydrogens (tertiary/aromatic N) is 2. The van der Waals surface area contributed by atoms with Gasteiger partial charge >= 0.3 is 0 Å². The summed E-state index contributed by atoms with van der Waals surface area (Å²) in [6.07, 6.45) is 3.74. The van der Waals surface area contributed by atoms with Crippen molar-refractivity contribution < 1.29 is 13.9 Å². The predicted molar refractivity (Wildman–Crippen MR) is 76.0 cm³/mol. The van der Waals surface area contributed by atoms with Gasteiger partial charge in [-0.3, -0.25) is 4.79 Å². The number of hydrogen-bond donors (Lipinski definition) is 1. The van der Waals surface area contributed by atoms with Crippen LogP contribution in [0.1, 0.15) is 40.0 Å². The summed E-state index contributed by atoms with van der Waals surface area (Å²) in [5, 5.41) is 0. The number of imidazole rings is 1. The van der Waals surface area contributed by atoms with Crippen LogP contribution in [0.4, 0.5) is 0 Å². The first kappa shape index (κ1) is 13.9. The summed E-state index contributed by atoms with van der Waals surface area (Å²) < 4.78 is 10.4. The number of likely N-dealkylation sites (tertiary alicyclic amines) is 1. The highest BCUT2D eigenvalue weighted by Crippen LogP contribution is 2.33. The molecule has 1 N–H and O–H groups in total. The van der Waals surface area contributed by atoms with Gasteiger partial charge in [-0.25, -0.2) is 4.98 Å². The van der Waals surface area contributed by atoms with E-state index in [1.54, 1.807) is 18.1 Å². The molecule has 0 saturated carbocycles. The summed E-state index contributed by atoms with van der Waals surface area (Å²) in [4.78, 5) is 22.2. The molecular weight excluding hydrogens is 270 g/mol. The molecule has 0 spiro atoms. The van der Waals surface area contributed by atoms with Crippen molar-refractivity contribution in [2.75, 3.05) is 13.7 Å². The second-order valence-corrected chi connectivity index (χ2v) is 5.41. The molecule has 2 aromatic heterocycles. The first-order valence-corrected chi connectivity index (χ1v) is 6.99. The molecule has 1 aliphatic heterocycles. The van der Waals surface area contributed by atoms with E-state index < -0.39 is 0 Å². The molecule has 6 heteroatoms. The van der Waals surface area contributed by atoms with Crippen molar-refractivity contribution in [3.05, 3.63) is 41.4 Å². The third-order valence-electron chi connectivity index (χ3n) is 4.09. The van der Waals surface area contributed by atoms with Gasteiger partial charge in [0.25, 0.3) is 5.91 Å². The maximum atomic E-state index is 12.6. The fraction of sp³-hybridized carbons (Fsp3) is 0.467. The summed E-state index contributed by atoms with van der Waals surface area (Å²) in [7, 11) is 1.67. The third-order valence-corrected chi connectivity index (χ3v) is 4.09. The lowest BCUT2D eigenvalue weighted by Crippen LogP contribution is -2.32. The van der Waals surface area contributed by atoms with Crippen LogP contribution in [0.3, 0.4) is 0 Å². The van der Waals surface area contributed by atoms with E-state index in [-0.39, 0.29) is 18.1 Å². The van der Waals surface area contributed by atoms with Crippen molar-refractivity contribution in [2.45, 2.75) is 32.4 Å². The van der Waals surface area contributed by atoms with Gasteiger partial charge in [-0.05, 0) is 19.9 Å². The molecule has 0 aromatic carbocycles. The Morgan fingerprint density at radius 2 is 2.33 bits per heavy atom. The number of furan rings is 1. The maximum absolute atomic E-state index is 12.6. The van der Waals surface area contributed by atoms with Gasteiger partial charge in [0.1, 0.15) is 12.1 Å². The molecule has 1 fully saturated rings. The van der Waals surface area contributed by atoms with Crippen LogP contribution < -0.4 is 0 Å². The van der Waals surface area contributed by atoms with E-state index in [4.69, 9.17) is 9.15 Å². The minimum atomic E-state index is -0.0928. The lowest BCUT2D eigenvalue weighted by Gasteiger charge is -2.22. The van der Waals surface area contributed by atoms with Gasteiger partial charge in [0.15, 0.2) is 0 Å². The van der Waals surface area contributed by atoms with Crippen LogP contribution in [-0.2, 0) is 4.74 Å². The molecule has 3 heterocycles. The number of nitrogens with one attached hydrogen (secondary N) is 1. The summed E-state index contributed by atoms with van der Waals surface area (Å²) in [5.74, 6) is 0.765. The molecule has 2 aromatic rings. The van der Waals surface area contributed by atoms with Gasteiger partial charge in [-0.1, -0.05) is 0 Å². The Bertz CT molecular complexity index is 613. The zero-order chi connectivity index (χ0) is 15.0. The zero-order valence-corrected chi connectivity index (χ0v) is 12.4. The van der Waals surface area contributed by atoms with Crippen LogP contribution in [0, 0.1) is 13.8 Å². The van der Waals surface area contributed by atoms with Crippen molar-refractivity contribution in [1.29, 1.82) is 0 Å². The Hall–Kier alpha value is -2.08. The molecule has 112 valence electrons. The topological polar surface area (TPSA) is 71.4 Å². The number of aryl methyl sites for hydroxylation is 2. The van der Waals surface area contributed by atoms with Crippen LogP contribution in [0.25, 0.3) is 0 Å². The third kappa shape index (κ3) is 2.47. The first-order chi connectivity index (χ1) is 10.1. The summed E-state index contributed by atoms with van der Waals surface area (Å²) in [6, 6.07) is 1.59. The number of ether oxygens (including phenoxy) is 1. The Balaban J connectivity index is 1.91. The van der Waals surface area contributed by atoms with Gasteiger partial charge in [-0.2, -0.15) is 0 Å². The Morgan fingerprint density at radius 1 is 1.52 bits per heavy atom. The smallest absolute Gasteiger partial charge is 0.257 e. The number of aromatic amines is 1. The number of carbonyl (C=O) groups excluding carboxylic acids is 1. The first-order valence-electron chi connectivity index (χ1n) is 6.99. The van der Waals surface area contributed by atoms with E-state index >= 15 is 0 Å². The average Bonchev–Trinajstić information content (AvgIpc) is 3.18. The molecule has 3 rings (SSSR count).